The Bertz CT molecular complexity index is 1910. The third kappa shape index (κ3) is 3.68. The maximum absolute atomic E-state index is 16.3. The number of aryl methyl sites for hydroxylation is 2. The second-order valence-corrected chi connectivity index (χ2v) is 13.5. The highest BCUT2D eigenvalue weighted by molar-refractivity contribution is 6.31. The zero-order valence-electron chi connectivity index (χ0n) is 24.5. The van der Waals surface area contributed by atoms with Crippen LogP contribution >= 0.6 is 23.2 Å². The lowest BCUT2D eigenvalue weighted by Gasteiger charge is -2.43. The molecule has 8 rings (SSSR count). The Kier molecular flexibility index (Phi) is 6.23. The van der Waals surface area contributed by atoms with Crippen LogP contribution in [0.25, 0.3) is 11.0 Å². The van der Waals surface area contributed by atoms with Gasteiger partial charge in [0.15, 0.2) is 0 Å². The van der Waals surface area contributed by atoms with E-state index in [9.17, 15) is 9.59 Å². The average Bonchev–Trinajstić information content (AvgIpc) is 3.65. The van der Waals surface area contributed by atoms with Gasteiger partial charge in [0, 0.05) is 46.7 Å². The van der Waals surface area contributed by atoms with Gasteiger partial charge in [-0.05, 0) is 80.5 Å². The highest BCUT2D eigenvalue weighted by Crippen LogP contribution is 2.65. The van der Waals surface area contributed by atoms with Gasteiger partial charge in [0.05, 0.1) is 28.7 Å². The number of rotatable bonds is 4. The van der Waals surface area contributed by atoms with Crippen LogP contribution in [0.5, 0.6) is 0 Å². The molecule has 10 heteroatoms. The molecule has 4 aromatic rings. The van der Waals surface area contributed by atoms with Crippen LogP contribution in [0.1, 0.15) is 70.9 Å². The smallest absolute Gasteiger partial charge is 0.338 e. The van der Waals surface area contributed by atoms with Crippen molar-refractivity contribution < 1.29 is 18.7 Å². The average molecular weight is 634 g/mol. The van der Waals surface area contributed by atoms with Gasteiger partial charge in [0.1, 0.15) is 17.2 Å². The van der Waals surface area contributed by atoms with Crippen LogP contribution in [0.4, 0.5) is 10.1 Å². The molecule has 1 aliphatic carbocycles. The topological polar surface area (TPSA) is 76.5 Å². The summed E-state index contributed by atoms with van der Waals surface area (Å²) in [5.74, 6) is -0.896. The van der Waals surface area contributed by atoms with Crippen molar-refractivity contribution in [1.82, 2.24) is 14.5 Å². The van der Waals surface area contributed by atoms with Gasteiger partial charge in [-0.2, -0.15) is 0 Å². The van der Waals surface area contributed by atoms with Gasteiger partial charge < -0.3 is 14.6 Å². The first-order chi connectivity index (χ1) is 21.2. The number of carbonyl (C=O) groups is 2. The fourth-order valence-corrected chi connectivity index (χ4v) is 8.91. The number of nitrogens with zero attached hydrogens (tertiary/aromatic N) is 3. The summed E-state index contributed by atoms with van der Waals surface area (Å²) in [7, 11) is 1.37. The first kappa shape index (κ1) is 28.0. The zero-order valence-corrected chi connectivity index (χ0v) is 26.0. The van der Waals surface area contributed by atoms with E-state index in [2.05, 4.69) is 21.7 Å². The van der Waals surface area contributed by atoms with Crippen molar-refractivity contribution in [3.05, 3.63) is 92.5 Å². The van der Waals surface area contributed by atoms with Crippen molar-refractivity contribution in [3.63, 3.8) is 0 Å². The number of benzene rings is 3. The Morgan fingerprint density at radius 2 is 1.95 bits per heavy atom. The number of amides is 1. The molecule has 1 N–H and O–H groups in total. The van der Waals surface area contributed by atoms with Crippen LogP contribution in [0, 0.1) is 18.7 Å². The van der Waals surface area contributed by atoms with Crippen LogP contribution in [0.15, 0.2) is 48.5 Å². The van der Waals surface area contributed by atoms with E-state index < -0.39 is 23.2 Å². The van der Waals surface area contributed by atoms with Crippen LogP contribution < -0.4 is 5.32 Å². The lowest BCUT2D eigenvalue weighted by atomic mass is 9.70. The minimum absolute atomic E-state index is 0.0142. The molecule has 4 aliphatic rings. The fraction of sp³-hybridized carbons (Fsp3) is 0.382. The Morgan fingerprint density at radius 1 is 1.16 bits per heavy atom. The molecule has 0 radical (unpaired) electrons. The van der Waals surface area contributed by atoms with Crippen molar-refractivity contribution in [2.24, 2.45) is 5.92 Å². The van der Waals surface area contributed by atoms with E-state index >= 15 is 4.39 Å². The van der Waals surface area contributed by atoms with Gasteiger partial charge in [-0.15, -0.1) is 0 Å². The van der Waals surface area contributed by atoms with Crippen molar-refractivity contribution >= 4 is 51.8 Å². The molecule has 4 heterocycles. The SMILES string of the molecule is COC(=O)c1cc2c(cc1C)nc1n2CC[C@H]2[C@@H]1[C@H](c1cccc(Cl)c1F)[C@]1(C(=O)Nc3cc(Cl)ccc31)N2C(C)C1CC1. The van der Waals surface area contributed by atoms with Gasteiger partial charge in [-0.3, -0.25) is 9.69 Å². The Labute approximate surface area is 264 Å². The number of methoxy groups -OCH3 is 1. The summed E-state index contributed by atoms with van der Waals surface area (Å²) in [6.07, 6.45) is 2.90. The summed E-state index contributed by atoms with van der Waals surface area (Å²) in [5.41, 5.74) is 3.43. The number of carbonyl (C=O) groups excluding carboxylic acids is 2. The molecule has 1 saturated carbocycles. The quantitative estimate of drug-likeness (QED) is 0.241. The van der Waals surface area contributed by atoms with E-state index in [4.69, 9.17) is 32.9 Å². The lowest BCUT2D eigenvalue weighted by Crippen LogP contribution is -2.56. The number of likely N-dealkylation sites (tertiary alicyclic amines) is 1. The molecule has 7 nitrogen and oxygen atoms in total. The number of ether oxygens (including phenoxy) is 1. The summed E-state index contributed by atoms with van der Waals surface area (Å²) in [5, 5.41) is 3.67. The first-order valence-electron chi connectivity index (χ1n) is 15.1. The number of fused-ring (bicyclic) bond motifs is 7. The molecule has 3 aromatic carbocycles. The van der Waals surface area contributed by atoms with Gasteiger partial charge in [-0.25, -0.2) is 14.2 Å². The van der Waals surface area contributed by atoms with E-state index in [1.54, 1.807) is 24.3 Å². The largest absolute Gasteiger partial charge is 0.465 e. The summed E-state index contributed by atoms with van der Waals surface area (Å²) in [4.78, 5) is 34.9. The number of aromatic nitrogens is 2. The molecule has 1 saturated heterocycles. The normalized spacial score (nSPS) is 26.4. The summed E-state index contributed by atoms with van der Waals surface area (Å²) in [6.45, 7) is 4.71. The van der Waals surface area contributed by atoms with Crippen molar-refractivity contribution in [2.45, 2.75) is 69.1 Å². The molecule has 0 bridgehead atoms. The van der Waals surface area contributed by atoms with Gasteiger partial charge in [-0.1, -0.05) is 41.4 Å². The molecule has 2 fully saturated rings. The van der Waals surface area contributed by atoms with E-state index in [1.807, 2.05) is 31.2 Å². The molecular weight excluding hydrogens is 602 g/mol. The van der Waals surface area contributed by atoms with Crippen LogP contribution in [-0.2, 0) is 21.6 Å². The molecule has 1 aromatic heterocycles. The third-order valence-corrected chi connectivity index (χ3v) is 11.0. The molecule has 3 aliphatic heterocycles. The van der Waals surface area contributed by atoms with Crippen LogP contribution in [-0.4, -0.2) is 45.5 Å². The molecule has 1 spiro atoms. The summed E-state index contributed by atoms with van der Waals surface area (Å²) in [6, 6.07) is 14.3. The van der Waals surface area contributed by atoms with Gasteiger partial charge in [0.2, 0.25) is 5.91 Å². The van der Waals surface area contributed by atoms with E-state index in [-0.39, 0.29) is 28.9 Å². The molecule has 44 heavy (non-hydrogen) atoms. The maximum Gasteiger partial charge on any atom is 0.338 e. The van der Waals surface area contributed by atoms with Crippen molar-refractivity contribution in [2.75, 3.05) is 12.4 Å². The van der Waals surface area contributed by atoms with Gasteiger partial charge >= 0.3 is 5.97 Å². The number of imidazole rings is 1. The Hall–Kier alpha value is -3.46. The number of hydrogen-bond donors (Lipinski definition) is 1. The highest BCUT2D eigenvalue weighted by Gasteiger charge is 2.70. The van der Waals surface area contributed by atoms with Gasteiger partial charge in [0.25, 0.3) is 0 Å². The molecule has 226 valence electrons. The van der Waals surface area contributed by atoms with Crippen LogP contribution in [0.3, 0.4) is 0 Å². The minimum Gasteiger partial charge on any atom is -0.465 e. The summed E-state index contributed by atoms with van der Waals surface area (Å²) < 4.78 is 23.6. The monoisotopic (exact) mass is 632 g/mol. The van der Waals surface area contributed by atoms with E-state index in [1.165, 1.54) is 7.11 Å². The fourth-order valence-electron chi connectivity index (χ4n) is 8.56. The van der Waals surface area contributed by atoms with Crippen molar-refractivity contribution in [3.8, 4) is 0 Å². The number of esters is 1. The molecule has 1 amide bonds. The second kappa shape index (κ2) is 9.77. The standard InChI is InChI=1S/C34H31Cl2FN4O3/c1-16-13-25-27(15-21(16)32(42)44-3)40-12-11-26-28(31(40)38-25)29(20-5-4-6-23(36)30(20)37)34(41(26)17(2)18-7-8-18)22-10-9-19(35)14-24(22)39-33(34)43/h4-6,9-10,13-15,17-18,26,28-29H,7-8,11-12H2,1-3H3,(H,39,43)/t17?,26-,28+,29-,34+/m0/s1. The number of nitrogens with one attached hydrogen (secondary N) is 1. The minimum atomic E-state index is -1.22. The number of anilines is 1. The number of halogens is 3. The molecule has 5 atom stereocenters. The third-order valence-electron chi connectivity index (χ3n) is 10.5. The first-order valence-corrected chi connectivity index (χ1v) is 15.8. The molecular formula is C34H31Cl2FN4O3. The highest BCUT2D eigenvalue weighted by atomic mass is 35.5. The van der Waals surface area contributed by atoms with E-state index in [0.29, 0.717) is 34.3 Å². The van der Waals surface area contributed by atoms with Crippen LogP contribution in [0.2, 0.25) is 10.0 Å². The second-order valence-electron chi connectivity index (χ2n) is 12.7. The molecule has 1 unspecified atom stereocenters. The lowest BCUT2D eigenvalue weighted by molar-refractivity contribution is -0.129. The Morgan fingerprint density at radius 3 is 2.70 bits per heavy atom. The predicted molar refractivity (Wildman–Crippen MR) is 167 cm³/mol. The zero-order chi connectivity index (χ0) is 30.7. The Balaban J connectivity index is 1.44. The van der Waals surface area contributed by atoms with E-state index in [0.717, 1.165) is 47.2 Å². The summed E-state index contributed by atoms with van der Waals surface area (Å²) >= 11 is 12.9. The number of hydrogen-bond acceptors (Lipinski definition) is 5. The maximum atomic E-state index is 16.3. The predicted octanol–water partition coefficient (Wildman–Crippen LogP) is 7.18. The van der Waals surface area contributed by atoms with Crippen molar-refractivity contribution in [1.29, 1.82) is 0 Å².